The van der Waals surface area contributed by atoms with Crippen LogP contribution in [0.2, 0.25) is 0 Å². The zero-order valence-electron chi connectivity index (χ0n) is 10.1. The molecule has 0 saturated carbocycles. The highest BCUT2D eigenvalue weighted by molar-refractivity contribution is 6.13. The molecule has 0 spiro atoms. The maximum Gasteiger partial charge on any atom is 0.331 e. The van der Waals surface area contributed by atoms with Gasteiger partial charge in [-0.1, -0.05) is 31.2 Å². The Kier molecular flexibility index (Phi) is 3.41. The average molecular weight is 246 g/mol. The van der Waals surface area contributed by atoms with Crippen LogP contribution in [0.4, 0.5) is 4.79 Å². The summed E-state index contributed by atoms with van der Waals surface area (Å²) in [6.07, 6.45) is 0.677. The number of nitrogens with zero attached hydrogens (tertiary/aromatic N) is 1. The number of benzene rings is 1. The Morgan fingerprint density at radius 3 is 2.28 bits per heavy atom. The van der Waals surface area contributed by atoms with Crippen LogP contribution in [0.3, 0.4) is 0 Å². The van der Waals surface area contributed by atoms with Crippen molar-refractivity contribution in [3.05, 3.63) is 35.4 Å². The van der Waals surface area contributed by atoms with Crippen LogP contribution >= 0.6 is 0 Å². The molecule has 0 atom stereocenters. The standard InChI is InChI=1S/C13H14N2O3/c1-2-9-3-5-10(6-4-9)8-15-12(17)7-11(16)14-13(15)18/h3-6H,2,7-8H2,1H3,(H,14,16,18). The number of amides is 4. The van der Waals surface area contributed by atoms with Gasteiger partial charge in [-0.15, -0.1) is 0 Å². The minimum Gasteiger partial charge on any atom is -0.277 e. The molecule has 1 heterocycles. The van der Waals surface area contributed by atoms with Gasteiger partial charge in [-0.3, -0.25) is 19.8 Å². The van der Waals surface area contributed by atoms with Crippen molar-refractivity contribution in [2.75, 3.05) is 0 Å². The van der Waals surface area contributed by atoms with Crippen molar-refractivity contribution in [2.45, 2.75) is 26.3 Å². The maximum atomic E-state index is 11.6. The Morgan fingerprint density at radius 2 is 1.72 bits per heavy atom. The second-order valence-electron chi connectivity index (χ2n) is 4.18. The Balaban J connectivity index is 2.10. The van der Waals surface area contributed by atoms with Gasteiger partial charge in [0.15, 0.2) is 0 Å². The van der Waals surface area contributed by atoms with Crippen molar-refractivity contribution >= 4 is 17.8 Å². The zero-order valence-corrected chi connectivity index (χ0v) is 10.1. The zero-order chi connectivity index (χ0) is 13.1. The van der Waals surface area contributed by atoms with E-state index in [4.69, 9.17) is 0 Å². The molecule has 1 aromatic carbocycles. The molecule has 5 heteroatoms. The Labute approximate surface area is 105 Å². The summed E-state index contributed by atoms with van der Waals surface area (Å²) < 4.78 is 0. The van der Waals surface area contributed by atoms with Crippen LogP contribution in [0, 0.1) is 0 Å². The van der Waals surface area contributed by atoms with E-state index < -0.39 is 17.8 Å². The molecule has 4 amide bonds. The van der Waals surface area contributed by atoms with E-state index >= 15 is 0 Å². The summed E-state index contributed by atoms with van der Waals surface area (Å²) in [4.78, 5) is 35.1. The Bertz CT molecular complexity index is 473. The van der Waals surface area contributed by atoms with Gasteiger partial charge in [-0.25, -0.2) is 4.79 Å². The van der Waals surface area contributed by atoms with Gasteiger partial charge in [-0.2, -0.15) is 0 Å². The summed E-state index contributed by atoms with van der Waals surface area (Å²) in [5.41, 5.74) is 2.06. The van der Waals surface area contributed by atoms with Gasteiger partial charge in [0.05, 0.1) is 6.54 Å². The quantitative estimate of drug-likeness (QED) is 0.815. The first-order chi connectivity index (χ1) is 8.60. The third kappa shape index (κ3) is 2.56. The number of imide groups is 2. The van der Waals surface area contributed by atoms with Crippen molar-refractivity contribution in [3.8, 4) is 0 Å². The van der Waals surface area contributed by atoms with E-state index in [9.17, 15) is 14.4 Å². The first-order valence-electron chi connectivity index (χ1n) is 5.82. The molecule has 0 aliphatic carbocycles. The van der Waals surface area contributed by atoms with Crippen molar-refractivity contribution in [1.82, 2.24) is 10.2 Å². The first-order valence-corrected chi connectivity index (χ1v) is 5.82. The van der Waals surface area contributed by atoms with E-state index in [1.807, 2.05) is 24.3 Å². The van der Waals surface area contributed by atoms with E-state index in [1.54, 1.807) is 0 Å². The molecule has 1 aliphatic heterocycles. The van der Waals surface area contributed by atoms with Gasteiger partial charge >= 0.3 is 6.03 Å². The topological polar surface area (TPSA) is 66.5 Å². The molecule has 1 saturated heterocycles. The van der Waals surface area contributed by atoms with Crippen LogP contribution in [-0.2, 0) is 22.6 Å². The second-order valence-corrected chi connectivity index (χ2v) is 4.18. The maximum absolute atomic E-state index is 11.6. The van der Waals surface area contributed by atoms with Crippen molar-refractivity contribution in [3.63, 3.8) is 0 Å². The van der Waals surface area contributed by atoms with Crippen LogP contribution in [0.1, 0.15) is 24.5 Å². The van der Waals surface area contributed by atoms with Gasteiger partial charge in [0.25, 0.3) is 0 Å². The SMILES string of the molecule is CCc1ccc(CN2C(=O)CC(=O)NC2=O)cc1. The van der Waals surface area contributed by atoms with Crippen molar-refractivity contribution < 1.29 is 14.4 Å². The lowest BCUT2D eigenvalue weighted by Gasteiger charge is -2.24. The molecule has 18 heavy (non-hydrogen) atoms. The number of carbonyl (C=O) groups is 3. The molecule has 1 N–H and O–H groups in total. The number of barbiturate groups is 1. The highest BCUT2D eigenvalue weighted by Gasteiger charge is 2.30. The van der Waals surface area contributed by atoms with Gasteiger partial charge in [0.2, 0.25) is 11.8 Å². The largest absolute Gasteiger partial charge is 0.331 e. The van der Waals surface area contributed by atoms with Gasteiger partial charge in [-0.05, 0) is 17.5 Å². The molecule has 5 nitrogen and oxygen atoms in total. The van der Waals surface area contributed by atoms with E-state index in [1.165, 1.54) is 5.56 Å². The van der Waals surface area contributed by atoms with E-state index in [0.717, 1.165) is 16.9 Å². The molecule has 0 aromatic heterocycles. The number of nitrogens with one attached hydrogen (secondary N) is 1. The molecule has 2 rings (SSSR count). The van der Waals surface area contributed by atoms with Gasteiger partial charge in [0, 0.05) is 0 Å². The predicted molar refractivity (Wildman–Crippen MR) is 64.5 cm³/mol. The van der Waals surface area contributed by atoms with Crippen molar-refractivity contribution in [1.29, 1.82) is 0 Å². The summed E-state index contributed by atoms with van der Waals surface area (Å²) >= 11 is 0. The number of urea groups is 1. The summed E-state index contributed by atoms with van der Waals surface area (Å²) in [7, 11) is 0. The summed E-state index contributed by atoms with van der Waals surface area (Å²) in [6.45, 7) is 2.25. The predicted octanol–water partition coefficient (Wildman–Crippen LogP) is 1.22. The summed E-state index contributed by atoms with van der Waals surface area (Å²) in [6, 6.07) is 7.06. The fraction of sp³-hybridized carbons (Fsp3) is 0.308. The molecule has 1 fully saturated rings. The molecule has 0 unspecified atom stereocenters. The highest BCUT2D eigenvalue weighted by Crippen LogP contribution is 2.11. The lowest BCUT2D eigenvalue weighted by atomic mass is 10.1. The molecule has 1 aliphatic rings. The Hall–Kier alpha value is -2.17. The van der Waals surface area contributed by atoms with Crippen LogP contribution in [0.15, 0.2) is 24.3 Å². The lowest BCUT2D eigenvalue weighted by molar-refractivity contribution is -0.136. The summed E-state index contributed by atoms with van der Waals surface area (Å²) in [5.74, 6) is -0.995. The van der Waals surface area contributed by atoms with Gasteiger partial charge in [0.1, 0.15) is 6.42 Å². The molecule has 0 bridgehead atoms. The molecular formula is C13H14N2O3. The second kappa shape index (κ2) is 5.00. The normalized spacial score (nSPS) is 15.8. The van der Waals surface area contributed by atoms with Crippen LogP contribution in [-0.4, -0.2) is 22.7 Å². The number of carbonyl (C=O) groups excluding carboxylic acids is 3. The van der Waals surface area contributed by atoms with Crippen molar-refractivity contribution in [2.24, 2.45) is 0 Å². The first kappa shape index (κ1) is 12.3. The number of hydrogen-bond donors (Lipinski definition) is 1. The Morgan fingerprint density at radius 1 is 1.11 bits per heavy atom. The van der Waals surface area contributed by atoms with Crippen LogP contribution in [0.5, 0.6) is 0 Å². The molecule has 1 aromatic rings. The van der Waals surface area contributed by atoms with Crippen LogP contribution in [0.25, 0.3) is 0 Å². The minimum atomic E-state index is -0.643. The van der Waals surface area contributed by atoms with E-state index in [2.05, 4.69) is 12.2 Å². The van der Waals surface area contributed by atoms with E-state index in [0.29, 0.717) is 0 Å². The van der Waals surface area contributed by atoms with Gasteiger partial charge < -0.3 is 0 Å². The number of hydrogen-bond acceptors (Lipinski definition) is 3. The summed E-state index contributed by atoms with van der Waals surface area (Å²) in [5, 5.41) is 2.13. The number of aryl methyl sites for hydroxylation is 1. The monoisotopic (exact) mass is 246 g/mol. The number of rotatable bonds is 3. The molecular weight excluding hydrogens is 232 g/mol. The third-order valence-electron chi connectivity index (χ3n) is 2.88. The average Bonchev–Trinajstić information content (AvgIpc) is 2.34. The minimum absolute atomic E-state index is 0.196. The highest BCUT2D eigenvalue weighted by atomic mass is 16.2. The smallest absolute Gasteiger partial charge is 0.277 e. The fourth-order valence-corrected chi connectivity index (χ4v) is 1.80. The van der Waals surface area contributed by atoms with E-state index in [-0.39, 0.29) is 13.0 Å². The molecule has 94 valence electrons. The fourth-order valence-electron chi connectivity index (χ4n) is 1.80. The third-order valence-corrected chi connectivity index (χ3v) is 2.88. The lowest BCUT2D eigenvalue weighted by Crippen LogP contribution is -2.52. The molecule has 0 radical (unpaired) electrons. The van der Waals surface area contributed by atoms with Crippen LogP contribution < -0.4 is 5.32 Å².